The van der Waals surface area contributed by atoms with E-state index < -0.39 is 10.0 Å². The molecule has 1 aliphatic heterocycles. The molecular formula is C18H19ClN2O3S3. The zero-order valence-electron chi connectivity index (χ0n) is 14.7. The van der Waals surface area contributed by atoms with Gasteiger partial charge in [0.25, 0.3) is 15.2 Å². The predicted octanol–water partition coefficient (Wildman–Crippen LogP) is 4.81. The van der Waals surface area contributed by atoms with E-state index in [0.29, 0.717) is 40.4 Å². The Hall–Kier alpha value is -1.19. The molecule has 1 saturated heterocycles. The van der Waals surface area contributed by atoms with Crippen LogP contribution in [-0.4, -0.2) is 36.9 Å². The number of thiazole rings is 1. The third-order valence-corrected chi connectivity index (χ3v) is 9.41. The molecule has 144 valence electrons. The van der Waals surface area contributed by atoms with Crippen LogP contribution in [0.3, 0.4) is 0 Å². The van der Waals surface area contributed by atoms with Gasteiger partial charge in [-0.3, -0.25) is 0 Å². The highest BCUT2D eigenvalue weighted by molar-refractivity contribution is 7.91. The van der Waals surface area contributed by atoms with Gasteiger partial charge in [0.05, 0.1) is 9.72 Å². The Balaban J connectivity index is 1.41. The molecule has 0 saturated carbocycles. The van der Waals surface area contributed by atoms with Gasteiger partial charge in [-0.25, -0.2) is 13.4 Å². The van der Waals surface area contributed by atoms with Crippen molar-refractivity contribution in [3.8, 4) is 5.19 Å². The first kappa shape index (κ1) is 19.1. The molecule has 0 spiro atoms. The minimum atomic E-state index is -3.41. The van der Waals surface area contributed by atoms with E-state index in [0.717, 1.165) is 21.5 Å². The minimum absolute atomic E-state index is 0.0367. The van der Waals surface area contributed by atoms with Crippen LogP contribution >= 0.6 is 34.3 Å². The molecule has 9 heteroatoms. The molecule has 0 radical (unpaired) electrons. The van der Waals surface area contributed by atoms with E-state index >= 15 is 0 Å². The highest BCUT2D eigenvalue weighted by Gasteiger charge is 2.31. The fourth-order valence-electron chi connectivity index (χ4n) is 3.09. The van der Waals surface area contributed by atoms with Crippen molar-refractivity contribution in [3.05, 3.63) is 40.2 Å². The van der Waals surface area contributed by atoms with Crippen molar-refractivity contribution in [2.45, 2.75) is 36.5 Å². The summed E-state index contributed by atoms with van der Waals surface area (Å²) in [5, 5.41) is 1.20. The van der Waals surface area contributed by atoms with Crippen LogP contribution < -0.4 is 4.74 Å². The second-order valence-corrected chi connectivity index (χ2v) is 11.1. The van der Waals surface area contributed by atoms with Crippen LogP contribution in [0.4, 0.5) is 0 Å². The lowest BCUT2D eigenvalue weighted by Gasteiger charge is -2.30. The Bertz CT molecular complexity index is 1050. The van der Waals surface area contributed by atoms with Crippen molar-refractivity contribution in [1.29, 1.82) is 0 Å². The van der Waals surface area contributed by atoms with Gasteiger partial charge in [-0.05, 0) is 43.5 Å². The quantitative estimate of drug-likeness (QED) is 0.569. The number of nitrogens with zero attached hydrogens (tertiary/aromatic N) is 2. The fraction of sp³-hybridized carbons (Fsp3) is 0.389. The Kier molecular flexibility index (Phi) is 5.44. The molecule has 5 nitrogen and oxygen atoms in total. The maximum absolute atomic E-state index is 12.8. The normalized spacial score (nSPS) is 16.8. The summed E-state index contributed by atoms with van der Waals surface area (Å²) >= 11 is 8.99. The monoisotopic (exact) mass is 442 g/mol. The van der Waals surface area contributed by atoms with E-state index in [-0.39, 0.29) is 6.10 Å². The first-order valence-corrected chi connectivity index (χ1v) is 12.2. The van der Waals surface area contributed by atoms with Gasteiger partial charge in [0.2, 0.25) is 0 Å². The zero-order chi connectivity index (χ0) is 19.0. The second kappa shape index (κ2) is 7.67. The van der Waals surface area contributed by atoms with Crippen molar-refractivity contribution in [2.24, 2.45) is 0 Å². The average molecular weight is 443 g/mol. The van der Waals surface area contributed by atoms with E-state index in [1.807, 2.05) is 31.2 Å². The number of benzene rings is 1. The molecule has 0 bridgehead atoms. The summed E-state index contributed by atoms with van der Waals surface area (Å²) in [7, 11) is -3.41. The van der Waals surface area contributed by atoms with Gasteiger partial charge in [0.15, 0.2) is 0 Å². The molecular weight excluding hydrogens is 424 g/mol. The third kappa shape index (κ3) is 3.86. The third-order valence-electron chi connectivity index (χ3n) is 4.60. The van der Waals surface area contributed by atoms with Crippen molar-refractivity contribution in [2.75, 3.05) is 13.1 Å². The van der Waals surface area contributed by atoms with Crippen LogP contribution in [0.2, 0.25) is 5.02 Å². The number of hydrogen-bond acceptors (Lipinski definition) is 6. The van der Waals surface area contributed by atoms with Gasteiger partial charge in [-0.1, -0.05) is 35.9 Å². The minimum Gasteiger partial charge on any atom is -0.467 e. The topological polar surface area (TPSA) is 59.5 Å². The maximum atomic E-state index is 12.8. The number of halogens is 1. The van der Waals surface area contributed by atoms with Gasteiger partial charge in [-0.2, -0.15) is 4.31 Å². The van der Waals surface area contributed by atoms with Crippen molar-refractivity contribution >= 4 is 54.5 Å². The number of rotatable bonds is 5. The molecule has 0 atom stereocenters. The number of hydrogen-bond donors (Lipinski definition) is 0. The number of piperidine rings is 1. The molecule has 3 aromatic rings. The lowest BCUT2D eigenvalue weighted by Crippen LogP contribution is -2.41. The number of para-hydroxylation sites is 1. The van der Waals surface area contributed by atoms with E-state index in [4.69, 9.17) is 16.3 Å². The lowest BCUT2D eigenvalue weighted by atomic mass is 10.1. The summed E-state index contributed by atoms with van der Waals surface area (Å²) in [6.07, 6.45) is 2.11. The summed E-state index contributed by atoms with van der Waals surface area (Å²) < 4.78 is 34.6. The number of aryl methyl sites for hydroxylation is 1. The Morgan fingerprint density at radius 1 is 1.22 bits per heavy atom. The highest BCUT2D eigenvalue weighted by Crippen LogP contribution is 2.34. The molecule has 0 unspecified atom stereocenters. The second-order valence-electron chi connectivity index (χ2n) is 6.36. The molecule has 1 aromatic carbocycles. The van der Waals surface area contributed by atoms with Crippen molar-refractivity contribution in [3.63, 3.8) is 0 Å². The van der Waals surface area contributed by atoms with Gasteiger partial charge in [0.1, 0.15) is 15.8 Å². The largest absolute Gasteiger partial charge is 0.467 e. The summed E-state index contributed by atoms with van der Waals surface area (Å²) in [6.45, 7) is 2.94. The molecule has 2 aromatic heterocycles. The van der Waals surface area contributed by atoms with Gasteiger partial charge < -0.3 is 4.74 Å². The predicted molar refractivity (Wildman–Crippen MR) is 111 cm³/mol. The lowest BCUT2D eigenvalue weighted by molar-refractivity contribution is 0.135. The average Bonchev–Trinajstić information content (AvgIpc) is 3.30. The summed E-state index contributed by atoms with van der Waals surface area (Å²) in [5.74, 6) is 0. The Labute approximate surface area is 171 Å². The van der Waals surface area contributed by atoms with E-state index in [9.17, 15) is 8.42 Å². The van der Waals surface area contributed by atoms with Crippen LogP contribution in [0.15, 0.2) is 34.5 Å². The number of fused-ring (bicyclic) bond motifs is 1. The van der Waals surface area contributed by atoms with Gasteiger partial charge in [0, 0.05) is 18.0 Å². The molecule has 1 aliphatic rings. The molecule has 1 fully saturated rings. The SMILES string of the molecule is CCc1ccc(S(=O)(=O)N2CCC(Oc3nc4c(Cl)cccc4s3)CC2)s1. The molecule has 0 N–H and O–H groups in total. The van der Waals surface area contributed by atoms with E-state index in [2.05, 4.69) is 4.98 Å². The van der Waals surface area contributed by atoms with Gasteiger partial charge >= 0.3 is 0 Å². The molecule has 3 heterocycles. The smallest absolute Gasteiger partial charge is 0.274 e. The molecule has 27 heavy (non-hydrogen) atoms. The van der Waals surface area contributed by atoms with Crippen LogP contribution in [-0.2, 0) is 16.4 Å². The highest BCUT2D eigenvalue weighted by atomic mass is 35.5. The first-order chi connectivity index (χ1) is 13.0. The van der Waals surface area contributed by atoms with E-state index in [1.54, 1.807) is 10.4 Å². The van der Waals surface area contributed by atoms with Crippen LogP contribution in [0.5, 0.6) is 5.19 Å². The van der Waals surface area contributed by atoms with Crippen LogP contribution in [0, 0.1) is 0 Å². The maximum Gasteiger partial charge on any atom is 0.274 e. The number of sulfonamides is 1. The number of aromatic nitrogens is 1. The van der Waals surface area contributed by atoms with E-state index in [1.165, 1.54) is 22.7 Å². The molecule has 4 rings (SSSR count). The van der Waals surface area contributed by atoms with Crippen molar-refractivity contribution in [1.82, 2.24) is 9.29 Å². The zero-order valence-corrected chi connectivity index (χ0v) is 17.9. The Morgan fingerprint density at radius 3 is 2.67 bits per heavy atom. The van der Waals surface area contributed by atoms with Crippen LogP contribution in [0.1, 0.15) is 24.6 Å². The Morgan fingerprint density at radius 2 is 2.00 bits per heavy atom. The van der Waals surface area contributed by atoms with Gasteiger partial charge in [-0.15, -0.1) is 11.3 Å². The number of ether oxygens (including phenoxy) is 1. The first-order valence-electron chi connectivity index (χ1n) is 8.78. The summed E-state index contributed by atoms with van der Waals surface area (Å²) in [5.41, 5.74) is 0.753. The fourth-order valence-corrected chi connectivity index (χ4v) is 7.19. The van der Waals surface area contributed by atoms with Crippen molar-refractivity contribution < 1.29 is 13.2 Å². The molecule has 0 amide bonds. The summed E-state index contributed by atoms with van der Waals surface area (Å²) in [4.78, 5) is 5.55. The standard InChI is InChI=1S/C18H19ClN2O3S3/c1-2-13-6-7-16(25-13)27(22,23)21-10-8-12(9-11-21)24-18-20-17-14(19)4-3-5-15(17)26-18/h3-7,12H,2,8-11H2,1H3. The van der Waals surface area contributed by atoms with Crippen LogP contribution in [0.25, 0.3) is 10.2 Å². The number of thiophene rings is 1. The summed E-state index contributed by atoms with van der Waals surface area (Å²) in [6, 6.07) is 9.28. The molecule has 0 aliphatic carbocycles.